The Morgan fingerprint density at radius 1 is 1.39 bits per heavy atom. The largest absolute Gasteiger partial charge is 0.372 e. The zero-order valence-electron chi connectivity index (χ0n) is 11.9. The van der Waals surface area contributed by atoms with Gasteiger partial charge in [0.25, 0.3) is 0 Å². The molecule has 2 saturated heterocycles. The van der Waals surface area contributed by atoms with Gasteiger partial charge in [0.1, 0.15) is 0 Å². The average molecular weight is 254 g/mol. The highest BCUT2D eigenvalue weighted by atomic mass is 16.5. The topological polar surface area (TPSA) is 41.6 Å². The lowest BCUT2D eigenvalue weighted by atomic mass is 9.89. The number of nitrogens with one attached hydrogen (secondary N) is 1. The highest BCUT2D eigenvalue weighted by Gasteiger charge is 2.43. The first-order valence-electron chi connectivity index (χ1n) is 7.27. The number of hydrogen-bond acceptors (Lipinski definition) is 3. The predicted octanol–water partition coefficient (Wildman–Crippen LogP) is 1.54. The van der Waals surface area contributed by atoms with Crippen LogP contribution in [0.3, 0.4) is 0 Å². The van der Waals surface area contributed by atoms with E-state index < -0.39 is 0 Å². The van der Waals surface area contributed by atoms with Crippen LogP contribution in [-0.4, -0.2) is 48.2 Å². The summed E-state index contributed by atoms with van der Waals surface area (Å²) in [4.78, 5) is 14.8. The third-order valence-electron chi connectivity index (χ3n) is 4.04. The molecule has 4 heteroatoms. The fourth-order valence-corrected chi connectivity index (χ4v) is 3.38. The maximum Gasteiger partial charge on any atom is 0.243 e. The average Bonchev–Trinajstić information content (AvgIpc) is 2.77. The molecule has 2 aliphatic rings. The first kappa shape index (κ1) is 13.8. The van der Waals surface area contributed by atoms with Gasteiger partial charge in [0.05, 0.1) is 17.7 Å². The lowest BCUT2D eigenvalue weighted by molar-refractivity contribution is -0.150. The van der Waals surface area contributed by atoms with Crippen molar-refractivity contribution >= 4 is 5.91 Å². The molecule has 0 radical (unpaired) electrons. The molecule has 1 amide bonds. The molecule has 3 atom stereocenters. The summed E-state index contributed by atoms with van der Waals surface area (Å²) in [7, 11) is 0. The van der Waals surface area contributed by atoms with Crippen molar-refractivity contribution < 1.29 is 9.53 Å². The third kappa shape index (κ3) is 2.69. The normalized spacial score (nSPS) is 36.9. The van der Waals surface area contributed by atoms with Gasteiger partial charge in [-0.2, -0.15) is 0 Å². The number of carbonyl (C=O) groups excluding carboxylic acids is 1. The van der Waals surface area contributed by atoms with Crippen molar-refractivity contribution in [1.29, 1.82) is 0 Å². The molecule has 0 aromatic heterocycles. The number of rotatable bonds is 3. The fourth-order valence-electron chi connectivity index (χ4n) is 3.38. The number of nitrogens with zero attached hydrogens (tertiary/aromatic N) is 1. The van der Waals surface area contributed by atoms with Gasteiger partial charge in [0, 0.05) is 13.1 Å². The molecule has 3 unspecified atom stereocenters. The maximum absolute atomic E-state index is 12.8. The van der Waals surface area contributed by atoms with Crippen LogP contribution < -0.4 is 5.32 Å². The number of amides is 1. The molecular weight excluding hydrogens is 228 g/mol. The Morgan fingerprint density at radius 3 is 2.56 bits per heavy atom. The molecule has 4 nitrogen and oxygen atoms in total. The molecule has 104 valence electrons. The SMILES string of the molecule is CCCC1(C(=O)N2CC(C)OC(C)C2)CCCN1. The van der Waals surface area contributed by atoms with Crippen molar-refractivity contribution in [3.05, 3.63) is 0 Å². The van der Waals surface area contributed by atoms with E-state index in [0.29, 0.717) is 5.91 Å². The quantitative estimate of drug-likeness (QED) is 0.831. The Bertz CT molecular complexity index is 290. The second-order valence-electron chi connectivity index (χ2n) is 5.83. The van der Waals surface area contributed by atoms with Gasteiger partial charge in [-0.15, -0.1) is 0 Å². The highest BCUT2D eigenvalue weighted by molar-refractivity contribution is 5.87. The zero-order chi connectivity index (χ0) is 13.2. The Morgan fingerprint density at radius 2 is 2.06 bits per heavy atom. The Kier molecular flexibility index (Phi) is 4.28. The van der Waals surface area contributed by atoms with E-state index in [4.69, 9.17) is 4.74 Å². The Balaban J connectivity index is 2.08. The number of hydrogen-bond donors (Lipinski definition) is 1. The van der Waals surface area contributed by atoms with Crippen LogP contribution in [0, 0.1) is 0 Å². The van der Waals surface area contributed by atoms with E-state index >= 15 is 0 Å². The summed E-state index contributed by atoms with van der Waals surface area (Å²) in [6.45, 7) is 8.68. The van der Waals surface area contributed by atoms with Crippen molar-refractivity contribution in [2.75, 3.05) is 19.6 Å². The maximum atomic E-state index is 12.8. The van der Waals surface area contributed by atoms with Gasteiger partial charge in [-0.1, -0.05) is 13.3 Å². The lowest BCUT2D eigenvalue weighted by Gasteiger charge is -2.40. The molecule has 2 rings (SSSR count). The van der Waals surface area contributed by atoms with Crippen molar-refractivity contribution in [2.45, 2.75) is 64.2 Å². The van der Waals surface area contributed by atoms with Gasteiger partial charge in [-0.25, -0.2) is 0 Å². The molecule has 0 spiro atoms. The summed E-state index contributed by atoms with van der Waals surface area (Å²) >= 11 is 0. The van der Waals surface area contributed by atoms with Gasteiger partial charge in [-0.3, -0.25) is 4.79 Å². The molecule has 0 saturated carbocycles. The van der Waals surface area contributed by atoms with E-state index in [1.807, 2.05) is 18.7 Å². The Hall–Kier alpha value is -0.610. The van der Waals surface area contributed by atoms with Gasteiger partial charge >= 0.3 is 0 Å². The van der Waals surface area contributed by atoms with Gasteiger partial charge in [0.15, 0.2) is 0 Å². The second kappa shape index (κ2) is 5.57. The van der Waals surface area contributed by atoms with Crippen LogP contribution in [0.5, 0.6) is 0 Å². The summed E-state index contributed by atoms with van der Waals surface area (Å²) in [6.07, 6.45) is 4.40. The van der Waals surface area contributed by atoms with Crippen molar-refractivity contribution in [1.82, 2.24) is 10.2 Å². The number of carbonyl (C=O) groups is 1. The van der Waals surface area contributed by atoms with E-state index in [1.54, 1.807) is 0 Å². The molecule has 0 aromatic carbocycles. The zero-order valence-corrected chi connectivity index (χ0v) is 11.9. The molecule has 18 heavy (non-hydrogen) atoms. The summed E-state index contributed by atoms with van der Waals surface area (Å²) in [6, 6.07) is 0. The first-order chi connectivity index (χ1) is 8.57. The van der Waals surface area contributed by atoms with E-state index in [2.05, 4.69) is 12.2 Å². The summed E-state index contributed by atoms with van der Waals surface area (Å²) in [5, 5.41) is 3.47. The second-order valence-corrected chi connectivity index (χ2v) is 5.83. The minimum Gasteiger partial charge on any atom is -0.372 e. The first-order valence-corrected chi connectivity index (χ1v) is 7.27. The van der Waals surface area contributed by atoms with Gasteiger partial charge in [-0.05, 0) is 39.7 Å². The Labute approximate surface area is 110 Å². The molecule has 0 aliphatic carbocycles. The van der Waals surface area contributed by atoms with E-state index in [-0.39, 0.29) is 17.7 Å². The van der Waals surface area contributed by atoms with Crippen LogP contribution in [0.1, 0.15) is 46.5 Å². The predicted molar refractivity (Wildman–Crippen MR) is 71.5 cm³/mol. The number of ether oxygens (including phenoxy) is 1. The van der Waals surface area contributed by atoms with Crippen LogP contribution in [0.4, 0.5) is 0 Å². The molecular formula is C14H26N2O2. The van der Waals surface area contributed by atoms with Crippen molar-refractivity contribution in [3.63, 3.8) is 0 Å². The molecule has 2 aliphatic heterocycles. The fraction of sp³-hybridized carbons (Fsp3) is 0.929. The summed E-state index contributed by atoms with van der Waals surface area (Å²) < 4.78 is 5.71. The van der Waals surface area contributed by atoms with Crippen LogP contribution in [0.25, 0.3) is 0 Å². The van der Waals surface area contributed by atoms with Crippen molar-refractivity contribution in [2.24, 2.45) is 0 Å². The van der Waals surface area contributed by atoms with Gasteiger partial charge in [0.2, 0.25) is 5.91 Å². The number of morpholine rings is 1. The molecule has 0 bridgehead atoms. The molecule has 2 fully saturated rings. The lowest BCUT2D eigenvalue weighted by Crippen LogP contribution is -2.59. The van der Waals surface area contributed by atoms with E-state index in [0.717, 1.165) is 45.3 Å². The van der Waals surface area contributed by atoms with Gasteiger partial charge < -0.3 is 15.0 Å². The van der Waals surface area contributed by atoms with Crippen LogP contribution in [0.2, 0.25) is 0 Å². The summed E-state index contributed by atoms with van der Waals surface area (Å²) in [5.74, 6) is 0.295. The summed E-state index contributed by atoms with van der Waals surface area (Å²) in [5.41, 5.74) is -0.286. The molecule has 2 heterocycles. The van der Waals surface area contributed by atoms with Crippen molar-refractivity contribution in [3.8, 4) is 0 Å². The minimum atomic E-state index is -0.286. The standard InChI is InChI=1S/C14H26N2O2/c1-4-6-14(7-5-8-15-14)13(17)16-9-11(2)18-12(3)10-16/h11-12,15H,4-10H2,1-3H3. The van der Waals surface area contributed by atoms with Crippen LogP contribution in [0.15, 0.2) is 0 Å². The van der Waals surface area contributed by atoms with Crippen LogP contribution >= 0.6 is 0 Å². The van der Waals surface area contributed by atoms with Crippen LogP contribution in [-0.2, 0) is 9.53 Å². The monoisotopic (exact) mass is 254 g/mol. The van der Waals surface area contributed by atoms with E-state index in [1.165, 1.54) is 0 Å². The third-order valence-corrected chi connectivity index (χ3v) is 4.04. The highest BCUT2D eigenvalue weighted by Crippen LogP contribution is 2.28. The van der Waals surface area contributed by atoms with E-state index in [9.17, 15) is 4.79 Å². The molecule has 0 aromatic rings. The smallest absolute Gasteiger partial charge is 0.243 e. The minimum absolute atomic E-state index is 0.151. The molecule has 1 N–H and O–H groups in total.